The number of nitrogens with zero attached hydrogens (tertiary/aromatic N) is 2. The molecule has 0 aromatic heterocycles. The van der Waals surface area contributed by atoms with Crippen molar-refractivity contribution in [1.82, 2.24) is 8.61 Å². The number of rotatable bonds is 8. The minimum atomic E-state index is -3.43. The number of ether oxygens (including phenoxy) is 1. The number of aliphatic hydroxyl groups excluding tert-OH is 1. The van der Waals surface area contributed by atoms with Crippen LogP contribution in [0, 0.1) is 5.92 Å². The summed E-state index contributed by atoms with van der Waals surface area (Å²) in [4.78, 5) is 0. The molecular formula is C13H28N2O4S. The van der Waals surface area contributed by atoms with Crippen LogP contribution in [-0.2, 0) is 14.9 Å². The molecule has 0 saturated carbocycles. The fourth-order valence-corrected chi connectivity index (χ4v) is 4.30. The van der Waals surface area contributed by atoms with E-state index >= 15 is 0 Å². The van der Waals surface area contributed by atoms with E-state index in [4.69, 9.17) is 9.84 Å². The second-order valence-electron chi connectivity index (χ2n) is 5.39. The molecule has 1 heterocycles. The van der Waals surface area contributed by atoms with Crippen molar-refractivity contribution in [2.24, 2.45) is 5.92 Å². The van der Waals surface area contributed by atoms with E-state index in [1.165, 1.54) is 4.31 Å². The summed E-state index contributed by atoms with van der Waals surface area (Å²) in [5, 5.41) is 9.14. The first-order valence-electron chi connectivity index (χ1n) is 7.34. The topological polar surface area (TPSA) is 70.1 Å². The quantitative estimate of drug-likeness (QED) is 0.716. The zero-order valence-electron chi connectivity index (χ0n) is 12.8. The van der Waals surface area contributed by atoms with Crippen molar-refractivity contribution in [2.45, 2.75) is 39.2 Å². The van der Waals surface area contributed by atoms with Crippen molar-refractivity contribution >= 4 is 10.2 Å². The first kappa shape index (κ1) is 17.8. The van der Waals surface area contributed by atoms with Gasteiger partial charge in [-0.2, -0.15) is 17.0 Å². The predicted molar refractivity (Wildman–Crippen MR) is 78.6 cm³/mol. The SMILES string of the molecule is CCC(C)N(CCOC)S(=O)(=O)N1CCC(CO)CC1. The zero-order chi connectivity index (χ0) is 15.2. The Morgan fingerprint density at radius 1 is 1.40 bits per heavy atom. The summed E-state index contributed by atoms with van der Waals surface area (Å²) >= 11 is 0. The smallest absolute Gasteiger partial charge is 0.282 e. The van der Waals surface area contributed by atoms with E-state index in [9.17, 15) is 8.42 Å². The lowest BCUT2D eigenvalue weighted by Crippen LogP contribution is -2.51. The van der Waals surface area contributed by atoms with Gasteiger partial charge in [-0.25, -0.2) is 0 Å². The fourth-order valence-electron chi connectivity index (χ4n) is 2.42. The molecule has 1 aliphatic heterocycles. The Bertz CT molecular complexity index is 367. The summed E-state index contributed by atoms with van der Waals surface area (Å²) in [6.45, 7) is 5.82. The highest BCUT2D eigenvalue weighted by Crippen LogP contribution is 2.22. The monoisotopic (exact) mass is 308 g/mol. The van der Waals surface area contributed by atoms with E-state index in [1.807, 2.05) is 13.8 Å². The van der Waals surface area contributed by atoms with Gasteiger partial charge in [-0.05, 0) is 32.1 Å². The van der Waals surface area contributed by atoms with Crippen LogP contribution >= 0.6 is 0 Å². The Kier molecular flexibility index (Phi) is 7.39. The van der Waals surface area contributed by atoms with Gasteiger partial charge in [-0.3, -0.25) is 0 Å². The molecule has 1 rings (SSSR count). The summed E-state index contributed by atoms with van der Waals surface area (Å²) in [5.41, 5.74) is 0. The average molecular weight is 308 g/mol. The van der Waals surface area contributed by atoms with Gasteiger partial charge in [0.25, 0.3) is 10.2 Å². The third-order valence-electron chi connectivity index (χ3n) is 4.05. The molecule has 7 heteroatoms. The second-order valence-corrected chi connectivity index (χ2v) is 7.27. The van der Waals surface area contributed by atoms with E-state index in [0.717, 1.165) is 19.3 Å². The molecule has 0 aromatic carbocycles. The van der Waals surface area contributed by atoms with Gasteiger partial charge in [0.05, 0.1) is 6.61 Å². The molecule has 6 nitrogen and oxygen atoms in total. The number of piperidine rings is 1. The van der Waals surface area contributed by atoms with E-state index < -0.39 is 10.2 Å². The molecule has 0 bridgehead atoms. The highest BCUT2D eigenvalue weighted by atomic mass is 32.2. The molecule has 1 unspecified atom stereocenters. The summed E-state index contributed by atoms with van der Waals surface area (Å²) in [6, 6.07) is -0.0364. The molecule has 0 amide bonds. The van der Waals surface area contributed by atoms with Gasteiger partial charge in [-0.15, -0.1) is 0 Å². The maximum absolute atomic E-state index is 12.7. The molecule has 1 N–H and O–H groups in total. The predicted octanol–water partition coefficient (Wildman–Crippen LogP) is 0.682. The highest BCUT2D eigenvalue weighted by molar-refractivity contribution is 7.86. The molecule has 1 atom stereocenters. The van der Waals surface area contributed by atoms with Gasteiger partial charge in [0.15, 0.2) is 0 Å². The van der Waals surface area contributed by atoms with Gasteiger partial charge in [0, 0.05) is 39.4 Å². The van der Waals surface area contributed by atoms with Crippen molar-refractivity contribution in [2.75, 3.05) is 40.0 Å². The fraction of sp³-hybridized carbons (Fsp3) is 1.00. The Morgan fingerprint density at radius 3 is 2.45 bits per heavy atom. The highest BCUT2D eigenvalue weighted by Gasteiger charge is 2.34. The Morgan fingerprint density at radius 2 is 2.00 bits per heavy atom. The first-order valence-corrected chi connectivity index (χ1v) is 8.73. The van der Waals surface area contributed by atoms with Crippen molar-refractivity contribution < 1.29 is 18.3 Å². The molecule has 1 saturated heterocycles. The van der Waals surface area contributed by atoms with Crippen molar-refractivity contribution in [3.8, 4) is 0 Å². The Balaban J connectivity index is 2.77. The van der Waals surface area contributed by atoms with Crippen LogP contribution < -0.4 is 0 Å². The lowest BCUT2D eigenvalue weighted by molar-refractivity contribution is 0.149. The molecule has 0 aliphatic carbocycles. The lowest BCUT2D eigenvalue weighted by atomic mass is 10.00. The second kappa shape index (κ2) is 8.29. The lowest BCUT2D eigenvalue weighted by Gasteiger charge is -2.36. The van der Waals surface area contributed by atoms with Crippen molar-refractivity contribution in [3.05, 3.63) is 0 Å². The minimum absolute atomic E-state index is 0.0364. The van der Waals surface area contributed by atoms with Crippen LogP contribution in [0.4, 0.5) is 0 Å². The van der Waals surface area contributed by atoms with Gasteiger partial charge in [-0.1, -0.05) is 6.92 Å². The van der Waals surface area contributed by atoms with E-state index in [1.54, 1.807) is 11.4 Å². The van der Waals surface area contributed by atoms with E-state index in [0.29, 0.717) is 26.2 Å². The largest absolute Gasteiger partial charge is 0.396 e. The standard InChI is InChI=1S/C13H28N2O4S/c1-4-12(2)15(9-10-19-3)20(17,18)14-7-5-13(11-16)6-8-14/h12-13,16H,4-11H2,1-3H3. The van der Waals surface area contributed by atoms with Crippen LogP contribution in [0.15, 0.2) is 0 Å². The molecule has 0 aromatic rings. The number of hydrogen-bond acceptors (Lipinski definition) is 4. The molecule has 20 heavy (non-hydrogen) atoms. The molecule has 0 spiro atoms. The van der Waals surface area contributed by atoms with Crippen LogP contribution in [0.2, 0.25) is 0 Å². The normalized spacial score (nSPS) is 20.4. The van der Waals surface area contributed by atoms with Crippen LogP contribution in [0.5, 0.6) is 0 Å². The third-order valence-corrected chi connectivity index (χ3v) is 6.21. The summed E-state index contributed by atoms with van der Waals surface area (Å²) in [7, 11) is -1.86. The van der Waals surface area contributed by atoms with Gasteiger partial charge in [0.1, 0.15) is 0 Å². The van der Waals surface area contributed by atoms with Gasteiger partial charge >= 0.3 is 0 Å². The maximum Gasteiger partial charge on any atom is 0.282 e. The van der Waals surface area contributed by atoms with Crippen LogP contribution in [-0.4, -0.2) is 68.1 Å². The molecule has 1 fully saturated rings. The van der Waals surface area contributed by atoms with E-state index in [2.05, 4.69) is 0 Å². The third kappa shape index (κ3) is 4.39. The summed E-state index contributed by atoms with van der Waals surface area (Å²) < 4.78 is 33.5. The maximum atomic E-state index is 12.7. The number of methoxy groups -OCH3 is 1. The molecule has 0 radical (unpaired) electrons. The number of hydrogen-bond donors (Lipinski definition) is 1. The Hall–Kier alpha value is -0.210. The van der Waals surface area contributed by atoms with Crippen molar-refractivity contribution in [3.63, 3.8) is 0 Å². The van der Waals surface area contributed by atoms with Gasteiger partial charge < -0.3 is 9.84 Å². The summed E-state index contributed by atoms with van der Waals surface area (Å²) in [5.74, 6) is 0.234. The molecular weight excluding hydrogens is 280 g/mol. The first-order chi connectivity index (χ1) is 9.47. The summed E-state index contributed by atoms with van der Waals surface area (Å²) in [6.07, 6.45) is 2.23. The molecule has 120 valence electrons. The van der Waals surface area contributed by atoms with Crippen LogP contribution in [0.3, 0.4) is 0 Å². The molecule has 1 aliphatic rings. The van der Waals surface area contributed by atoms with E-state index in [-0.39, 0.29) is 18.6 Å². The number of aliphatic hydroxyl groups is 1. The van der Waals surface area contributed by atoms with Crippen LogP contribution in [0.25, 0.3) is 0 Å². The van der Waals surface area contributed by atoms with Crippen molar-refractivity contribution in [1.29, 1.82) is 0 Å². The minimum Gasteiger partial charge on any atom is -0.396 e. The van der Waals surface area contributed by atoms with Gasteiger partial charge in [0.2, 0.25) is 0 Å². The Labute approximate surface area is 122 Å². The zero-order valence-corrected chi connectivity index (χ0v) is 13.6. The van der Waals surface area contributed by atoms with Crippen LogP contribution in [0.1, 0.15) is 33.1 Å². The average Bonchev–Trinajstić information content (AvgIpc) is 2.47.